The second-order valence-corrected chi connectivity index (χ2v) is 4.05. The van der Waals surface area contributed by atoms with Crippen molar-refractivity contribution in [1.82, 2.24) is 9.55 Å². The van der Waals surface area contributed by atoms with Crippen molar-refractivity contribution in [3.63, 3.8) is 0 Å². The largest absolute Gasteiger partial charge is 0.465 e. The standard InChI is InChI=1S/C12H11N3O2S/c1-2-17-11(16)7-15-10-5-8(6-13)3-4-9(10)14-12(15)18/h3-5H,2,7H2,1H3,(H,14,18). The molecule has 0 radical (unpaired) electrons. The van der Waals surface area contributed by atoms with Crippen molar-refractivity contribution in [2.45, 2.75) is 13.5 Å². The summed E-state index contributed by atoms with van der Waals surface area (Å²) in [7, 11) is 0. The van der Waals surface area contributed by atoms with Gasteiger partial charge in [-0.25, -0.2) is 0 Å². The molecular formula is C12H11N3O2S. The molecule has 5 nitrogen and oxygen atoms in total. The topological polar surface area (TPSA) is 70.8 Å². The third kappa shape index (κ3) is 2.26. The molecule has 1 aromatic heterocycles. The molecule has 0 aliphatic heterocycles. The number of carbonyl (C=O) groups is 1. The van der Waals surface area contributed by atoms with Crippen molar-refractivity contribution in [1.29, 1.82) is 5.26 Å². The summed E-state index contributed by atoms with van der Waals surface area (Å²) in [5.74, 6) is -0.350. The van der Waals surface area contributed by atoms with Gasteiger partial charge in [0.25, 0.3) is 0 Å². The number of hydrogen-bond acceptors (Lipinski definition) is 4. The molecule has 0 saturated heterocycles. The summed E-state index contributed by atoms with van der Waals surface area (Å²) < 4.78 is 6.96. The number of benzene rings is 1. The minimum Gasteiger partial charge on any atom is -0.465 e. The van der Waals surface area contributed by atoms with E-state index in [-0.39, 0.29) is 12.5 Å². The molecule has 1 heterocycles. The lowest BCUT2D eigenvalue weighted by atomic mass is 10.2. The van der Waals surface area contributed by atoms with Crippen molar-refractivity contribution in [2.75, 3.05) is 6.61 Å². The number of ether oxygens (including phenoxy) is 1. The Morgan fingerprint density at radius 1 is 1.61 bits per heavy atom. The highest BCUT2D eigenvalue weighted by atomic mass is 32.1. The highest BCUT2D eigenvalue weighted by Gasteiger charge is 2.10. The minimum atomic E-state index is -0.350. The molecule has 92 valence electrons. The average molecular weight is 261 g/mol. The van der Waals surface area contributed by atoms with Crippen LogP contribution in [0.1, 0.15) is 12.5 Å². The quantitative estimate of drug-likeness (QED) is 0.678. The molecule has 6 heteroatoms. The third-order valence-electron chi connectivity index (χ3n) is 2.50. The molecule has 0 aliphatic rings. The van der Waals surface area contributed by atoms with Crippen LogP contribution in [0.4, 0.5) is 0 Å². The Morgan fingerprint density at radius 2 is 2.39 bits per heavy atom. The highest BCUT2D eigenvalue weighted by molar-refractivity contribution is 7.71. The number of hydrogen-bond donors (Lipinski definition) is 1. The summed E-state index contributed by atoms with van der Waals surface area (Å²) in [6.45, 7) is 2.12. The Hall–Kier alpha value is -2.13. The van der Waals surface area contributed by atoms with Crippen LogP contribution in [0.15, 0.2) is 18.2 Å². The van der Waals surface area contributed by atoms with Crippen molar-refractivity contribution in [3.05, 3.63) is 28.5 Å². The Bertz CT molecular complexity index is 693. The summed E-state index contributed by atoms with van der Waals surface area (Å²) >= 11 is 5.15. The van der Waals surface area contributed by atoms with E-state index in [1.165, 1.54) is 0 Å². The zero-order valence-corrected chi connectivity index (χ0v) is 10.6. The lowest BCUT2D eigenvalue weighted by Gasteiger charge is -2.04. The summed E-state index contributed by atoms with van der Waals surface area (Å²) in [4.78, 5) is 14.5. The number of H-pyrrole nitrogens is 1. The molecule has 2 rings (SSSR count). The van der Waals surface area contributed by atoms with Gasteiger partial charge < -0.3 is 14.3 Å². The molecule has 2 aromatic rings. The van der Waals surface area contributed by atoms with Gasteiger partial charge in [-0.05, 0) is 37.3 Å². The van der Waals surface area contributed by atoms with E-state index in [4.69, 9.17) is 22.2 Å². The van der Waals surface area contributed by atoms with Crippen molar-refractivity contribution in [2.24, 2.45) is 0 Å². The Kier molecular flexibility index (Phi) is 3.44. The Balaban J connectivity index is 2.49. The van der Waals surface area contributed by atoms with Crippen molar-refractivity contribution >= 4 is 29.2 Å². The van der Waals surface area contributed by atoms with E-state index in [0.29, 0.717) is 16.9 Å². The number of aromatic nitrogens is 2. The zero-order valence-electron chi connectivity index (χ0n) is 9.77. The summed E-state index contributed by atoms with van der Waals surface area (Å²) in [5, 5.41) is 8.87. The van der Waals surface area contributed by atoms with E-state index in [2.05, 4.69) is 11.1 Å². The van der Waals surface area contributed by atoms with Gasteiger partial charge in [0.05, 0.1) is 29.3 Å². The lowest BCUT2D eigenvalue weighted by molar-refractivity contribution is -0.143. The van der Waals surface area contributed by atoms with Crippen molar-refractivity contribution in [3.8, 4) is 6.07 Å². The van der Waals surface area contributed by atoms with Gasteiger partial charge in [-0.1, -0.05) is 0 Å². The molecule has 0 bridgehead atoms. The number of fused-ring (bicyclic) bond motifs is 1. The molecule has 1 N–H and O–H groups in total. The van der Waals surface area contributed by atoms with E-state index >= 15 is 0 Å². The number of imidazole rings is 1. The van der Waals surface area contributed by atoms with Crippen LogP contribution in [0.25, 0.3) is 11.0 Å². The Labute approximate surface area is 109 Å². The van der Waals surface area contributed by atoms with Gasteiger partial charge in [0.1, 0.15) is 6.54 Å². The first-order valence-electron chi connectivity index (χ1n) is 5.44. The van der Waals surface area contributed by atoms with Crippen LogP contribution in [-0.2, 0) is 16.1 Å². The van der Waals surface area contributed by atoms with Gasteiger partial charge in [0.2, 0.25) is 0 Å². The van der Waals surface area contributed by atoms with Gasteiger partial charge in [-0.15, -0.1) is 0 Å². The SMILES string of the molecule is CCOC(=O)Cn1c(=S)[nH]c2ccc(C#N)cc21. The number of esters is 1. The molecular weight excluding hydrogens is 250 g/mol. The smallest absolute Gasteiger partial charge is 0.326 e. The second-order valence-electron chi connectivity index (χ2n) is 3.67. The zero-order chi connectivity index (χ0) is 13.1. The number of nitriles is 1. The molecule has 0 atom stereocenters. The van der Waals surface area contributed by atoms with Crippen LogP contribution in [0, 0.1) is 16.1 Å². The average Bonchev–Trinajstić information content (AvgIpc) is 2.65. The summed E-state index contributed by atoms with van der Waals surface area (Å²) in [6.07, 6.45) is 0. The molecule has 0 aliphatic carbocycles. The molecule has 0 fully saturated rings. The van der Waals surface area contributed by atoms with E-state index in [1.54, 1.807) is 29.7 Å². The monoisotopic (exact) mass is 261 g/mol. The van der Waals surface area contributed by atoms with Crippen LogP contribution in [-0.4, -0.2) is 22.1 Å². The van der Waals surface area contributed by atoms with Gasteiger partial charge in [-0.3, -0.25) is 4.79 Å². The maximum atomic E-state index is 11.5. The number of nitrogens with one attached hydrogen (secondary N) is 1. The van der Waals surface area contributed by atoms with E-state index in [1.807, 2.05) is 0 Å². The maximum absolute atomic E-state index is 11.5. The molecule has 0 amide bonds. The van der Waals surface area contributed by atoms with Crippen molar-refractivity contribution < 1.29 is 9.53 Å². The number of nitrogens with zero attached hydrogens (tertiary/aromatic N) is 2. The van der Waals surface area contributed by atoms with Gasteiger partial charge in [-0.2, -0.15) is 5.26 Å². The fourth-order valence-corrected chi connectivity index (χ4v) is 1.99. The van der Waals surface area contributed by atoms with Gasteiger partial charge in [0, 0.05) is 0 Å². The number of carbonyl (C=O) groups excluding carboxylic acids is 1. The Morgan fingerprint density at radius 3 is 3.06 bits per heavy atom. The summed E-state index contributed by atoms with van der Waals surface area (Å²) in [5.41, 5.74) is 2.05. The normalized spacial score (nSPS) is 10.2. The molecule has 0 spiro atoms. The van der Waals surface area contributed by atoms with Crippen LogP contribution < -0.4 is 0 Å². The van der Waals surface area contributed by atoms with Gasteiger partial charge >= 0.3 is 5.97 Å². The van der Waals surface area contributed by atoms with Gasteiger partial charge in [0.15, 0.2) is 4.77 Å². The molecule has 0 saturated carbocycles. The third-order valence-corrected chi connectivity index (χ3v) is 2.82. The molecule has 0 unspecified atom stereocenters. The lowest BCUT2D eigenvalue weighted by Crippen LogP contribution is -2.13. The minimum absolute atomic E-state index is 0.0432. The van der Waals surface area contributed by atoms with E-state index in [9.17, 15) is 4.79 Å². The first kappa shape index (κ1) is 12.3. The van der Waals surface area contributed by atoms with Crippen LogP contribution in [0.5, 0.6) is 0 Å². The van der Waals surface area contributed by atoms with Crippen LogP contribution in [0.3, 0.4) is 0 Å². The predicted molar refractivity (Wildman–Crippen MR) is 68.5 cm³/mol. The highest BCUT2D eigenvalue weighted by Crippen LogP contribution is 2.16. The first-order valence-corrected chi connectivity index (χ1v) is 5.85. The number of rotatable bonds is 3. The number of aromatic amines is 1. The fraction of sp³-hybridized carbons (Fsp3) is 0.250. The van der Waals surface area contributed by atoms with E-state index in [0.717, 1.165) is 11.0 Å². The summed E-state index contributed by atoms with van der Waals surface area (Å²) in [6, 6.07) is 7.22. The molecule has 18 heavy (non-hydrogen) atoms. The first-order chi connectivity index (χ1) is 8.65. The predicted octanol–water partition coefficient (Wildman–Crippen LogP) is 2.13. The fourth-order valence-electron chi connectivity index (χ4n) is 1.71. The maximum Gasteiger partial charge on any atom is 0.326 e. The van der Waals surface area contributed by atoms with Crippen LogP contribution in [0.2, 0.25) is 0 Å². The second kappa shape index (κ2) is 5.02. The van der Waals surface area contributed by atoms with E-state index < -0.39 is 0 Å². The molecule has 1 aromatic carbocycles. The van der Waals surface area contributed by atoms with Crippen LogP contribution >= 0.6 is 12.2 Å².